The van der Waals surface area contributed by atoms with Gasteiger partial charge in [-0.05, 0) is 56.0 Å². The first kappa shape index (κ1) is 19.6. The van der Waals surface area contributed by atoms with Crippen molar-refractivity contribution in [1.82, 2.24) is 15.0 Å². The van der Waals surface area contributed by atoms with Crippen LogP contribution < -0.4 is 10.6 Å². The van der Waals surface area contributed by atoms with E-state index in [9.17, 15) is 4.79 Å². The van der Waals surface area contributed by atoms with Gasteiger partial charge in [0.25, 0.3) is 5.91 Å². The maximum atomic E-state index is 12.8. The highest BCUT2D eigenvalue weighted by molar-refractivity contribution is 6.04. The van der Waals surface area contributed by atoms with Gasteiger partial charge < -0.3 is 15.6 Å². The number of aromatic nitrogens is 3. The molecule has 4 aromatic rings. The monoisotopic (exact) mass is 399 g/mol. The number of rotatable bonds is 6. The van der Waals surface area contributed by atoms with Crippen LogP contribution in [0.25, 0.3) is 10.9 Å². The van der Waals surface area contributed by atoms with E-state index in [1.54, 1.807) is 6.07 Å². The number of H-pyrrole nitrogens is 1. The summed E-state index contributed by atoms with van der Waals surface area (Å²) < 4.78 is 0. The van der Waals surface area contributed by atoms with Gasteiger partial charge in [-0.3, -0.25) is 4.79 Å². The molecule has 0 spiro atoms. The number of benzene rings is 2. The fourth-order valence-corrected chi connectivity index (χ4v) is 3.60. The number of amides is 1. The molecule has 152 valence electrons. The molecule has 0 unspecified atom stereocenters. The molecule has 1 amide bonds. The quantitative estimate of drug-likeness (QED) is 0.435. The second-order valence-electron chi connectivity index (χ2n) is 7.48. The molecule has 0 fully saturated rings. The molecule has 6 heteroatoms. The minimum absolute atomic E-state index is 0.238. The Morgan fingerprint density at radius 2 is 1.77 bits per heavy atom. The van der Waals surface area contributed by atoms with Crippen LogP contribution in [0.4, 0.5) is 11.6 Å². The second-order valence-corrected chi connectivity index (χ2v) is 7.48. The zero-order valence-electron chi connectivity index (χ0n) is 17.4. The molecule has 0 atom stereocenters. The molecule has 4 rings (SSSR count). The van der Waals surface area contributed by atoms with Gasteiger partial charge in [-0.25, -0.2) is 9.97 Å². The van der Waals surface area contributed by atoms with Crippen LogP contribution in [0.15, 0.2) is 54.7 Å². The zero-order chi connectivity index (χ0) is 21.1. The van der Waals surface area contributed by atoms with E-state index in [0.29, 0.717) is 18.2 Å². The minimum Gasteiger partial charge on any atom is -0.361 e. The molecule has 0 saturated heterocycles. The molecule has 0 radical (unpaired) electrons. The van der Waals surface area contributed by atoms with E-state index in [-0.39, 0.29) is 5.91 Å². The molecule has 0 bridgehead atoms. The average molecular weight is 399 g/mol. The number of nitrogens with zero attached hydrogens (tertiary/aromatic N) is 2. The topological polar surface area (TPSA) is 82.7 Å². The third-order valence-electron chi connectivity index (χ3n) is 5.16. The van der Waals surface area contributed by atoms with E-state index < -0.39 is 0 Å². The molecular weight excluding hydrogens is 374 g/mol. The maximum Gasteiger partial charge on any atom is 0.274 e. The summed E-state index contributed by atoms with van der Waals surface area (Å²) in [4.78, 5) is 24.9. The number of aryl methyl sites for hydroxylation is 3. The van der Waals surface area contributed by atoms with Crippen LogP contribution in [0, 0.1) is 20.8 Å². The van der Waals surface area contributed by atoms with Crippen LogP contribution in [0.5, 0.6) is 0 Å². The van der Waals surface area contributed by atoms with Crippen LogP contribution in [0.3, 0.4) is 0 Å². The molecule has 2 heterocycles. The number of hydrogen-bond donors (Lipinski definition) is 3. The standard InChI is InChI=1S/C24H25N5O/c1-15-7-6-8-16(2)22(15)29-23(30)21-13-17(3)27-24(28-21)25-12-11-18-14-26-20-10-5-4-9-19(18)20/h4-10,13-14,26H,11-12H2,1-3H3,(H,29,30)(H,25,27,28). The summed E-state index contributed by atoms with van der Waals surface area (Å²) in [6.45, 7) is 6.49. The summed E-state index contributed by atoms with van der Waals surface area (Å²) in [7, 11) is 0. The lowest BCUT2D eigenvalue weighted by atomic mass is 10.1. The highest BCUT2D eigenvalue weighted by Crippen LogP contribution is 2.21. The second kappa shape index (κ2) is 8.37. The van der Waals surface area contributed by atoms with Crippen molar-refractivity contribution in [2.24, 2.45) is 0 Å². The van der Waals surface area contributed by atoms with Crippen molar-refractivity contribution in [2.75, 3.05) is 17.2 Å². The number of carbonyl (C=O) groups is 1. The van der Waals surface area contributed by atoms with E-state index in [1.807, 2.05) is 57.3 Å². The highest BCUT2D eigenvalue weighted by Gasteiger charge is 2.13. The Balaban J connectivity index is 1.45. The molecule has 2 aromatic heterocycles. The van der Waals surface area contributed by atoms with Gasteiger partial charge in [-0.1, -0.05) is 36.4 Å². The first-order chi connectivity index (χ1) is 14.5. The lowest BCUT2D eigenvalue weighted by Crippen LogP contribution is -2.18. The normalized spacial score (nSPS) is 10.9. The van der Waals surface area contributed by atoms with E-state index >= 15 is 0 Å². The van der Waals surface area contributed by atoms with Gasteiger partial charge in [0.05, 0.1) is 0 Å². The number of hydrogen-bond acceptors (Lipinski definition) is 4. The molecule has 0 saturated carbocycles. The third-order valence-corrected chi connectivity index (χ3v) is 5.16. The van der Waals surface area contributed by atoms with E-state index in [2.05, 4.69) is 37.7 Å². The van der Waals surface area contributed by atoms with Crippen LogP contribution in [0.1, 0.15) is 32.9 Å². The Bertz CT molecular complexity index is 1190. The van der Waals surface area contributed by atoms with Gasteiger partial charge in [0.2, 0.25) is 5.95 Å². The average Bonchev–Trinajstić information content (AvgIpc) is 3.13. The summed E-state index contributed by atoms with van der Waals surface area (Å²) in [5.74, 6) is 0.221. The fraction of sp³-hybridized carbons (Fsp3) is 0.208. The number of fused-ring (bicyclic) bond motifs is 1. The Labute approximate surface area is 175 Å². The predicted molar refractivity (Wildman–Crippen MR) is 121 cm³/mol. The van der Waals surface area contributed by atoms with Gasteiger partial charge in [0.1, 0.15) is 5.69 Å². The molecule has 2 aromatic carbocycles. The van der Waals surface area contributed by atoms with Gasteiger partial charge in [-0.15, -0.1) is 0 Å². The molecule has 0 aliphatic rings. The van der Waals surface area contributed by atoms with E-state index in [0.717, 1.165) is 34.4 Å². The van der Waals surface area contributed by atoms with Crippen molar-refractivity contribution in [2.45, 2.75) is 27.2 Å². The molecular formula is C24H25N5O. The largest absolute Gasteiger partial charge is 0.361 e. The smallest absolute Gasteiger partial charge is 0.274 e. The number of carbonyl (C=O) groups excluding carboxylic acids is 1. The number of anilines is 2. The first-order valence-corrected chi connectivity index (χ1v) is 10.0. The SMILES string of the molecule is Cc1cc(C(=O)Nc2c(C)cccc2C)nc(NCCc2c[nH]c3ccccc23)n1. The maximum absolute atomic E-state index is 12.8. The van der Waals surface area contributed by atoms with E-state index in [1.165, 1.54) is 10.9 Å². The van der Waals surface area contributed by atoms with Crippen molar-refractivity contribution in [3.63, 3.8) is 0 Å². The fourth-order valence-electron chi connectivity index (χ4n) is 3.60. The zero-order valence-corrected chi connectivity index (χ0v) is 17.4. The summed E-state index contributed by atoms with van der Waals surface area (Å²) in [6.07, 6.45) is 2.86. The van der Waals surface area contributed by atoms with Gasteiger partial charge >= 0.3 is 0 Å². The van der Waals surface area contributed by atoms with Gasteiger partial charge in [0.15, 0.2) is 0 Å². The van der Waals surface area contributed by atoms with Crippen LogP contribution >= 0.6 is 0 Å². The number of para-hydroxylation sites is 2. The summed E-state index contributed by atoms with van der Waals surface area (Å²) in [6, 6.07) is 15.9. The van der Waals surface area contributed by atoms with Crippen molar-refractivity contribution in [1.29, 1.82) is 0 Å². The van der Waals surface area contributed by atoms with Crippen molar-refractivity contribution in [3.8, 4) is 0 Å². The van der Waals surface area contributed by atoms with Crippen LogP contribution in [-0.2, 0) is 6.42 Å². The van der Waals surface area contributed by atoms with Gasteiger partial charge in [0, 0.05) is 35.0 Å². The van der Waals surface area contributed by atoms with Crippen LogP contribution in [-0.4, -0.2) is 27.4 Å². The number of nitrogens with one attached hydrogen (secondary N) is 3. The minimum atomic E-state index is -0.238. The molecule has 0 aliphatic heterocycles. The van der Waals surface area contributed by atoms with Crippen molar-refractivity contribution >= 4 is 28.4 Å². The molecule has 30 heavy (non-hydrogen) atoms. The summed E-state index contributed by atoms with van der Waals surface area (Å²) in [5.41, 5.74) is 6.32. The Kier molecular flexibility index (Phi) is 5.48. The third kappa shape index (κ3) is 4.17. The van der Waals surface area contributed by atoms with Crippen molar-refractivity contribution < 1.29 is 4.79 Å². The summed E-state index contributed by atoms with van der Waals surface area (Å²) in [5, 5.41) is 7.46. The first-order valence-electron chi connectivity index (χ1n) is 10.0. The molecule has 0 aliphatic carbocycles. The Morgan fingerprint density at radius 3 is 2.57 bits per heavy atom. The lowest BCUT2D eigenvalue weighted by Gasteiger charge is -2.12. The Hall–Kier alpha value is -3.67. The predicted octanol–water partition coefficient (Wildman–Crippen LogP) is 4.79. The van der Waals surface area contributed by atoms with Crippen molar-refractivity contribution in [3.05, 3.63) is 82.8 Å². The number of aromatic amines is 1. The molecule has 3 N–H and O–H groups in total. The highest BCUT2D eigenvalue weighted by atomic mass is 16.1. The summed E-state index contributed by atoms with van der Waals surface area (Å²) >= 11 is 0. The van der Waals surface area contributed by atoms with E-state index in [4.69, 9.17) is 0 Å². The molecule has 6 nitrogen and oxygen atoms in total. The van der Waals surface area contributed by atoms with Gasteiger partial charge in [-0.2, -0.15) is 0 Å². The Morgan fingerprint density at radius 1 is 1.00 bits per heavy atom. The van der Waals surface area contributed by atoms with Crippen LogP contribution in [0.2, 0.25) is 0 Å². The lowest BCUT2D eigenvalue weighted by molar-refractivity contribution is 0.102.